The smallest absolute Gasteiger partial charge is 0.111 e. The average molecular weight is 274 g/mol. The summed E-state index contributed by atoms with van der Waals surface area (Å²) in [5.41, 5.74) is 2.55. The van der Waals surface area contributed by atoms with Gasteiger partial charge < -0.3 is 9.67 Å². The first-order valence-electron chi connectivity index (χ1n) is 7.16. The second-order valence-electron chi connectivity index (χ2n) is 5.00. The molecule has 0 radical (unpaired) electrons. The molecule has 0 aliphatic carbocycles. The number of aryl methyl sites for hydroxylation is 3. The van der Waals surface area contributed by atoms with Crippen molar-refractivity contribution in [1.29, 1.82) is 0 Å². The van der Waals surface area contributed by atoms with Crippen LogP contribution in [0.15, 0.2) is 18.5 Å². The van der Waals surface area contributed by atoms with E-state index in [0.29, 0.717) is 6.42 Å². The molecule has 0 aromatic carbocycles. The summed E-state index contributed by atoms with van der Waals surface area (Å²) in [4.78, 5) is 4.35. The number of aliphatic hydroxyl groups is 1. The molecule has 2 heterocycles. The number of hydrogen-bond donors (Lipinski definition) is 1. The molecule has 1 N–H and O–H groups in total. The zero-order valence-corrected chi connectivity index (χ0v) is 12.4. The van der Waals surface area contributed by atoms with Crippen molar-refractivity contribution in [3.63, 3.8) is 0 Å². The van der Waals surface area contributed by atoms with E-state index in [1.807, 2.05) is 26.1 Å². The van der Waals surface area contributed by atoms with Gasteiger partial charge in [0.2, 0.25) is 0 Å². The van der Waals surface area contributed by atoms with Gasteiger partial charge in [-0.2, -0.15) is 10.2 Å². The molecule has 108 valence electrons. The van der Waals surface area contributed by atoms with Gasteiger partial charge in [0.15, 0.2) is 0 Å². The van der Waals surface area contributed by atoms with E-state index in [9.17, 15) is 5.11 Å². The standard InChI is InChI=1S/C15H22N4O/c1-4-7-19-8-6-16-15(19)10-14(20)12-9-11(3)17-18-13(12)5-2/h6,8-9,14,20H,4-5,7,10H2,1-3H3. The third-order valence-electron chi connectivity index (χ3n) is 3.36. The monoisotopic (exact) mass is 274 g/mol. The molecule has 2 aromatic heterocycles. The van der Waals surface area contributed by atoms with Crippen LogP contribution in [-0.2, 0) is 19.4 Å². The molecule has 1 atom stereocenters. The van der Waals surface area contributed by atoms with Crippen molar-refractivity contribution in [1.82, 2.24) is 19.7 Å². The molecule has 0 saturated heterocycles. The molecular formula is C15H22N4O. The topological polar surface area (TPSA) is 63.8 Å². The molecule has 0 saturated carbocycles. The van der Waals surface area contributed by atoms with Gasteiger partial charge in [-0.25, -0.2) is 4.98 Å². The maximum atomic E-state index is 10.5. The first kappa shape index (κ1) is 14.7. The summed E-state index contributed by atoms with van der Waals surface area (Å²) >= 11 is 0. The van der Waals surface area contributed by atoms with E-state index in [2.05, 4.69) is 26.7 Å². The van der Waals surface area contributed by atoms with Crippen LogP contribution in [0.25, 0.3) is 0 Å². The van der Waals surface area contributed by atoms with Gasteiger partial charge >= 0.3 is 0 Å². The Morgan fingerprint density at radius 2 is 2.10 bits per heavy atom. The van der Waals surface area contributed by atoms with Crippen molar-refractivity contribution in [3.8, 4) is 0 Å². The van der Waals surface area contributed by atoms with Gasteiger partial charge in [-0.3, -0.25) is 0 Å². The molecule has 0 aliphatic heterocycles. The Morgan fingerprint density at radius 1 is 1.30 bits per heavy atom. The summed E-state index contributed by atoms with van der Waals surface area (Å²) in [6.07, 6.45) is 5.48. The first-order chi connectivity index (χ1) is 9.65. The summed E-state index contributed by atoms with van der Waals surface area (Å²) in [6.45, 7) is 6.97. The molecule has 0 bridgehead atoms. The van der Waals surface area contributed by atoms with Crippen LogP contribution in [-0.4, -0.2) is 24.9 Å². The van der Waals surface area contributed by atoms with Crippen LogP contribution in [0.3, 0.4) is 0 Å². The van der Waals surface area contributed by atoms with Crippen LogP contribution >= 0.6 is 0 Å². The highest BCUT2D eigenvalue weighted by molar-refractivity contribution is 5.24. The Balaban J connectivity index is 2.21. The second kappa shape index (κ2) is 6.61. The Morgan fingerprint density at radius 3 is 2.80 bits per heavy atom. The molecule has 2 rings (SSSR count). The quantitative estimate of drug-likeness (QED) is 0.877. The Hall–Kier alpha value is -1.75. The zero-order valence-electron chi connectivity index (χ0n) is 12.4. The van der Waals surface area contributed by atoms with E-state index in [0.717, 1.165) is 42.2 Å². The van der Waals surface area contributed by atoms with E-state index in [-0.39, 0.29) is 0 Å². The van der Waals surface area contributed by atoms with Gasteiger partial charge in [0.05, 0.1) is 17.5 Å². The number of imidazole rings is 1. The van der Waals surface area contributed by atoms with Crippen LogP contribution < -0.4 is 0 Å². The highest BCUT2D eigenvalue weighted by Crippen LogP contribution is 2.21. The molecule has 0 spiro atoms. The number of aliphatic hydroxyl groups excluding tert-OH is 1. The van der Waals surface area contributed by atoms with Gasteiger partial charge in [-0.1, -0.05) is 13.8 Å². The Bertz CT molecular complexity index is 565. The summed E-state index contributed by atoms with van der Waals surface area (Å²) in [5.74, 6) is 0.913. The Kier molecular flexibility index (Phi) is 4.84. The number of nitrogens with zero attached hydrogens (tertiary/aromatic N) is 4. The lowest BCUT2D eigenvalue weighted by molar-refractivity contribution is 0.172. The van der Waals surface area contributed by atoms with Crippen molar-refractivity contribution >= 4 is 0 Å². The van der Waals surface area contributed by atoms with Gasteiger partial charge in [-0.05, 0) is 25.8 Å². The van der Waals surface area contributed by atoms with Crippen LogP contribution in [0.2, 0.25) is 0 Å². The number of rotatable bonds is 6. The number of aromatic nitrogens is 4. The van der Waals surface area contributed by atoms with Crippen molar-refractivity contribution < 1.29 is 5.11 Å². The molecule has 20 heavy (non-hydrogen) atoms. The van der Waals surface area contributed by atoms with Gasteiger partial charge in [-0.15, -0.1) is 0 Å². The molecule has 5 heteroatoms. The molecule has 0 aliphatic rings. The van der Waals surface area contributed by atoms with Crippen molar-refractivity contribution in [2.75, 3.05) is 0 Å². The van der Waals surface area contributed by atoms with Crippen LogP contribution in [0.4, 0.5) is 0 Å². The maximum absolute atomic E-state index is 10.5. The first-order valence-corrected chi connectivity index (χ1v) is 7.16. The minimum Gasteiger partial charge on any atom is -0.388 e. The lowest BCUT2D eigenvalue weighted by Crippen LogP contribution is -2.12. The van der Waals surface area contributed by atoms with Crippen molar-refractivity contribution in [2.24, 2.45) is 0 Å². The minimum absolute atomic E-state index is 0.505. The predicted octanol–water partition coefficient (Wildman–Crippen LogP) is 2.23. The van der Waals surface area contributed by atoms with E-state index in [1.54, 1.807) is 6.20 Å². The highest BCUT2D eigenvalue weighted by Gasteiger charge is 2.16. The zero-order chi connectivity index (χ0) is 14.5. The fraction of sp³-hybridized carbons (Fsp3) is 0.533. The van der Waals surface area contributed by atoms with Crippen LogP contribution in [0.1, 0.15) is 49.1 Å². The average Bonchev–Trinajstić information content (AvgIpc) is 2.86. The lowest BCUT2D eigenvalue weighted by Gasteiger charge is -2.15. The molecule has 0 fully saturated rings. The fourth-order valence-electron chi connectivity index (χ4n) is 2.35. The van der Waals surface area contributed by atoms with E-state index in [1.165, 1.54) is 0 Å². The molecule has 5 nitrogen and oxygen atoms in total. The molecule has 0 amide bonds. The summed E-state index contributed by atoms with van der Waals surface area (Å²) in [7, 11) is 0. The SMILES string of the molecule is CCCn1ccnc1CC(O)c1cc(C)nnc1CC. The highest BCUT2D eigenvalue weighted by atomic mass is 16.3. The minimum atomic E-state index is -0.586. The third kappa shape index (κ3) is 3.22. The number of hydrogen-bond acceptors (Lipinski definition) is 4. The van der Waals surface area contributed by atoms with Crippen LogP contribution in [0, 0.1) is 6.92 Å². The van der Waals surface area contributed by atoms with E-state index in [4.69, 9.17) is 0 Å². The molecule has 1 unspecified atom stereocenters. The van der Waals surface area contributed by atoms with Crippen LogP contribution in [0.5, 0.6) is 0 Å². The van der Waals surface area contributed by atoms with E-state index < -0.39 is 6.10 Å². The fourth-order valence-corrected chi connectivity index (χ4v) is 2.35. The summed E-state index contributed by atoms with van der Waals surface area (Å²) in [5, 5.41) is 18.7. The largest absolute Gasteiger partial charge is 0.388 e. The van der Waals surface area contributed by atoms with Gasteiger partial charge in [0, 0.05) is 30.9 Å². The normalized spacial score (nSPS) is 12.6. The van der Waals surface area contributed by atoms with E-state index >= 15 is 0 Å². The van der Waals surface area contributed by atoms with Gasteiger partial charge in [0.1, 0.15) is 5.82 Å². The maximum Gasteiger partial charge on any atom is 0.111 e. The molecule has 2 aromatic rings. The third-order valence-corrected chi connectivity index (χ3v) is 3.36. The van der Waals surface area contributed by atoms with Crippen molar-refractivity contribution in [2.45, 2.75) is 52.7 Å². The summed E-state index contributed by atoms with van der Waals surface area (Å²) < 4.78 is 2.09. The predicted molar refractivity (Wildman–Crippen MR) is 77.3 cm³/mol. The Labute approximate surface area is 119 Å². The second-order valence-corrected chi connectivity index (χ2v) is 5.00. The van der Waals surface area contributed by atoms with Crippen molar-refractivity contribution in [3.05, 3.63) is 41.2 Å². The molecular weight excluding hydrogens is 252 g/mol. The summed E-state index contributed by atoms with van der Waals surface area (Å²) in [6, 6.07) is 1.92. The lowest BCUT2D eigenvalue weighted by atomic mass is 10.0. The van der Waals surface area contributed by atoms with Gasteiger partial charge in [0.25, 0.3) is 0 Å².